The molecule has 0 bridgehead atoms. The second-order valence-electron chi connectivity index (χ2n) is 10.00. The molecule has 3 atom stereocenters. The van der Waals surface area contributed by atoms with Crippen LogP contribution in [0.3, 0.4) is 0 Å². The normalized spacial score (nSPS) is 14.2. The zero-order chi connectivity index (χ0) is 25.9. The predicted octanol–water partition coefficient (Wildman–Crippen LogP) is 4.78. The standard InChI is InChI=1S/C26H40BrNO6/c1-17(2)16-21(20(8-7-15-27)24(31)34-26(3,4)5)23(30)28-22(25(32)33-6)14-11-18-9-12-19(29)13-10-18/h9-10,12-13,17,20-22,29H,7-8,11,14-16H2,1-6H3,(H,28,30)/t20-,21+,22-/m0/s1. The SMILES string of the molecule is COC(=O)[C@H](CCc1ccc(O)cc1)NC(=O)[C@H](CC(C)C)[C@H](CCCBr)C(=O)OC(C)(C)C. The van der Waals surface area contributed by atoms with Crippen molar-refractivity contribution in [1.29, 1.82) is 0 Å². The molecule has 34 heavy (non-hydrogen) atoms. The number of phenolic OH excluding ortho intramolecular Hbond substituents is 1. The third kappa shape index (κ3) is 10.9. The maximum Gasteiger partial charge on any atom is 0.328 e. The number of carbonyl (C=O) groups excluding carboxylic acids is 3. The molecule has 0 aliphatic rings. The smallest absolute Gasteiger partial charge is 0.328 e. The zero-order valence-electron chi connectivity index (χ0n) is 21.2. The lowest BCUT2D eigenvalue weighted by Crippen LogP contribution is -2.48. The van der Waals surface area contributed by atoms with E-state index in [0.717, 1.165) is 5.56 Å². The molecule has 0 unspecified atom stereocenters. The van der Waals surface area contributed by atoms with Gasteiger partial charge in [-0.3, -0.25) is 9.59 Å². The number of aryl methyl sites for hydroxylation is 1. The van der Waals surface area contributed by atoms with E-state index in [9.17, 15) is 19.5 Å². The van der Waals surface area contributed by atoms with Gasteiger partial charge in [-0.05, 0) is 76.5 Å². The first-order chi connectivity index (χ1) is 15.9. The Bertz CT molecular complexity index is 787. The Morgan fingerprint density at radius 3 is 2.15 bits per heavy atom. The highest BCUT2D eigenvalue weighted by molar-refractivity contribution is 9.09. The summed E-state index contributed by atoms with van der Waals surface area (Å²) in [7, 11) is 1.28. The maximum absolute atomic E-state index is 13.5. The molecule has 7 nitrogen and oxygen atoms in total. The monoisotopic (exact) mass is 541 g/mol. The number of phenols is 1. The molecule has 0 aliphatic heterocycles. The fourth-order valence-electron chi connectivity index (χ4n) is 3.76. The molecule has 0 heterocycles. The van der Waals surface area contributed by atoms with E-state index in [4.69, 9.17) is 9.47 Å². The lowest BCUT2D eigenvalue weighted by molar-refractivity contribution is -0.164. The van der Waals surface area contributed by atoms with Crippen molar-refractivity contribution in [2.75, 3.05) is 12.4 Å². The largest absolute Gasteiger partial charge is 0.508 e. The molecule has 0 spiro atoms. The van der Waals surface area contributed by atoms with Crippen molar-refractivity contribution in [2.45, 2.75) is 78.4 Å². The summed E-state index contributed by atoms with van der Waals surface area (Å²) in [6, 6.07) is 5.85. The Labute approximate surface area is 212 Å². The quantitative estimate of drug-likeness (QED) is 0.275. The van der Waals surface area contributed by atoms with Gasteiger partial charge in [-0.25, -0.2) is 4.79 Å². The van der Waals surface area contributed by atoms with Gasteiger partial charge < -0.3 is 19.9 Å². The molecule has 1 aromatic rings. The summed E-state index contributed by atoms with van der Waals surface area (Å²) in [5.41, 5.74) is 0.255. The summed E-state index contributed by atoms with van der Waals surface area (Å²) in [5.74, 6) is -2.20. The topological polar surface area (TPSA) is 102 Å². The summed E-state index contributed by atoms with van der Waals surface area (Å²) in [6.45, 7) is 9.42. The molecule has 0 radical (unpaired) electrons. The molecular formula is C26H40BrNO6. The van der Waals surface area contributed by atoms with Crippen LogP contribution in [0.4, 0.5) is 0 Å². The molecule has 8 heteroatoms. The second-order valence-corrected chi connectivity index (χ2v) is 10.8. The number of alkyl halides is 1. The van der Waals surface area contributed by atoms with Crippen LogP contribution in [0.15, 0.2) is 24.3 Å². The van der Waals surface area contributed by atoms with E-state index in [-0.39, 0.29) is 17.6 Å². The number of nitrogens with one attached hydrogen (secondary N) is 1. The number of esters is 2. The predicted molar refractivity (Wildman–Crippen MR) is 136 cm³/mol. The van der Waals surface area contributed by atoms with Gasteiger partial charge in [0, 0.05) is 5.33 Å². The highest BCUT2D eigenvalue weighted by Gasteiger charge is 2.38. The lowest BCUT2D eigenvalue weighted by atomic mass is 9.81. The van der Waals surface area contributed by atoms with Gasteiger partial charge in [-0.2, -0.15) is 0 Å². The van der Waals surface area contributed by atoms with Gasteiger partial charge in [0.25, 0.3) is 0 Å². The van der Waals surface area contributed by atoms with Crippen LogP contribution in [0.25, 0.3) is 0 Å². The van der Waals surface area contributed by atoms with Crippen LogP contribution >= 0.6 is 15.9 Å². The summed E-state index contributed by atoms with van der Waals surface area (Å²) >= 11 is 3.41. The van der Waals surface area contributed by atoms with E-state index in [2.05, 4.69) is 21.2 Å². The van der Waals surface area contributed by atoms with Gasteiger partial charge in [-0.15, -0.1) is 0 Å². The van der Waals surface area contributed by atoms with Crippen LogP contribution in [-0.2, 0) is 30.3 Å². The van der Waals surface area contributed by atoms with E-state index in [0.29, 0.717) is 37.4 Å². The number of ether oxygens (including phenoxy) is 2. The molecule has 0 saturated heterocycles. The fourth-order valence-corrected chi connectivity index (χ4v) is 4.09. The number of methoxy groups -OCH3 is 1. The van der Waals surface area contributed by atoms with Gasteiger partial charge in [0.2, 0.25) is 5.91 Å². The molecule has 1 aromatic carbocycles. The first kappa shape index (κ1) is 29.9. The summed E-state index contributed by atoms with van der Waals surface area (Å²) in [5, 5.41) is 13.0. The molecule has 192 valence electrons. The average Bonchev–Trinajstić information content (AvgIpc) is 2.75. The van der Waals surface area contributed by atoms with Gasteiger partial charge in [0.15, 0.2) is 0 Å². The number of aromatic hydroxyl groups is 1. The van der Waals surface area contributed by atoms with E-state index < -0.39 is 35.4 Å². The van der Waals surface area contributed by atoms with E-state index in [1.807, 2.05) is 13.8 Å². The summed E-state index contributed by atoms with van der Waals surface area (Å²) < 4.78 is 10.6. The Balaban J connectivity index is 3.10. The van der Waals surface area contributed by atoms with Gasteiger partial charge in [0.1, 0.15) is 17.4 Å². The minimum atomic E-state index is -0.851. The summed E-state index contributed by atoms with van der Waals surface area (Å²) in [4.78, 5) is 39.0. The molecule has 2 N–H and O–H groups in total. The highest BCUT2D eigenvalue weighted by atomic mass is 79.9. The van der Waals surface area contributed by atoms with Crippen molar-refractivity contribution < 1.29 is 29.0 Å². The minimum Gasteiger partial charge on any atom is -0.508 e. The van der Waals surface area contributed by atoms with Crippen molar-refractivity contribution in [3.05, 3.63) is 29.8 Å². The molecule has 0 aliphatic carbocycles. The van der Waals surface area contributed by atoms with Crippen molar-refractivity contribution >= 4 is 33.8 Å². The van der Waals surface area contributed by atoms with Crippen LogP contribution in [0.2, 0.25) is 0 Å². The Morgan fingerprint density at radius 2 is 1.65 bits per heavy atom. The highest BCUT2D eigenvalue weighted by Crippen LogP contribution is 2.29. The van der Waals surface area contributed by atoms with Gasteiger partial charge in [0.05, 0.1) is 18.9 Å². The van der Waals surface area contributed by atoms with Crippen molar-refractivity contribution in [1.82, 2.24) is 5.32 Å². The molecule has 1 rings (SSSR count). The number of benzene rings is 1. The molecule has 0 aromatic heterocycles. The van der Waals surface area contributed by atoms with E-state index >= 15 is 0 Å². The van der Waals surface area contributed by atoms with Gasteiger partial charge >= 0.3 is 11.9 Å². The van der Waals surface area contributed by atoms with Crippen LogP contribution in [-0.4, -0.2) is 47.0 Å². The number of amides is 1. The summed E-state index contributed by atoms with van der Waals surface area (Å²) in [6.07, 6.45) is 2.54. The van der Waals surface area contributed by atoms with Crippen molar-refractivity contribution in [3.8, 4) is 5.75 Å². The third-order valence-electron chi connectivity index (χ3n) is 5.37. The molecule has 1 amide bonds. The van der Waals surface area contributed by atoms with Crippen LogP contribution in [0.1, 0.15) is 65.9 Å². The van der Waals surface area contributed by atoms with E-state index in [1.54, 1.807) is 45.0 Å². The minimum absolute atomic E-state index is 0.162. The van der Waals surface area contributed by atoms with Crippen molar-refractivity contribution in [2.24, 2.45) is 17.8 Å². The Kier molecular flexibility index (Phi) is 12.6. The van der Waals surface area contributed by atoms with Crippen LogP contribution < -0.4 is 5.32 Å². The number of hydrogen-bond donors (Lipinski definition) is 2. The fraction of sp³-hybridized carbons (Fsp3) is 0.654. The van der Waals surface area contributed by atoms with Crippen LogP contribution in [0.5, 0.6) is 5.75 Å². The average molecular weight is 543 g/mol. The number of hydrogen-bond acceptors (Lipinski definition) is 6. The Hall–Kier alpha value is -2.09. The van der Waals surface area contributed by atoms with E-state index in [1.165, 1.54) is 7.11 Å². The van der Waals surface area contributed by atoms with Gasteiger partial charge in [-0.1, -0.05) is 41.9 Å². The zero-order valence-corrected chi connectivity index (χ0v) is 22.8. The lowest BCUT2D eigenvalue weighted by Gasteiger charge is -2.30. The van der Waals surface area contributed by atoms with Crippen LogP contribution in [0, 0.1) is 17.8 Å². The molecular weight excluding hydrogens is 502 g/mol. The number of halogens is 1. The first-order valence-corrected chi connectivity index (χ1v) is 12.9. The first-order valence-electron chi connectivity index (χ1n) is 11.8. The maximum atomic E-state index is 13.5. The van der Waals surface area contributed by atoms with Crippen molar-refractivity contribution in [3.63, 3.8) is 0 Å². The second kappa shape index (κ2) is 14.3. The Morgan fingerprint density at radius 1 is 1.03 bits per heavy atom. The molecule has 0 fully saturated rings. The number of carbonyl (C=O) groups is 3. The molecule has 0 saturated carbocycles. The third-order valence-corrected chi connectivity index (χ3v) is 5.93. The number of rotatable bonds is 13.